The van der Waals surface area contributed by atoms with Gasteiger partial charge in [0.25, 0.3) is 5.91 Å². The van der Waals surface area contributed by atoms with Gasteiger partial charge < -0.3 is 19.9 Å². The van der Waals surface area contributed by atoms with Crippen LogP contribution in [0, 0.1) is 0 Å². The quantitative estimate of drug-likeness (QED) is 0.882. The number of nitrogens with one attached hydrogen (secondary N) is 1. The molecule has 0 saturated carbocycles. The maximum Gasteiger partial charge on any atom is 0.317 e. The number of piperazine rings is 1. The van der Waals surface area contributed by atoms with Crippen LogP contribution in [0.4, 0.5) is 4.79 Å². The number of amides is 3. The third-order valence-electron chi connectivity index (χ3n) is 3.82. The van der Waals surface area contributed by atoms with Gasteiger partial charge >= 0.3 is 6.03 Å². The smallest absolute Gasteiger partial charge is 0.317 e. The first-order chi connectivity index (χ1) is 11.5. The third kappa shape index (κ3) is 4.24. The van der Waals surface area contributed by atoms with Gasteiger partial charge in [0.15, 0.2) is 0 Å². The highest BCUT2D eigenvalue weighted by Gasteiger charge is 2.27. The maximum atomic E-state index is 12.7. The third-order valence-corrected chi connectivity index (χ3v) is 4.32. The molecule has 8 heteroatoms. The van der Waals surface area contributed by atoms with Gasteiger partial charge in [-0.1, -0.05) is 30.1 Å². The van der Waals surface area contributed by atoms with E-state index in [4.69, 9.17) is 27.9 Å². The number of carbonyl (C=O) groups is 2. The van der Waals surface area contributed by atoms with Crippen LogP contribution in [0.2, 0.25) is 10.0 Å². The van der Waals surface area contributed by atoms with E-state index in [0.717, 1.165) is 6.42 Å². The zero-order chi connectivity index (χ0) is 17.7. The number of halogens is 2. The Kier molecular flexibility index (Phi) is 6.57. The number of nitrogens with zero attached hydrogens (tertiary/aromatic N) is 2. The van der Waals surface area contributed by atoms with E-state index in [1.54, 1.807) is 15.9 Å². The molecule has 0 spiro atoms. The SMILES string of the molecule is CCCNC(=O)N1CCN(C(=O)c2cc(Cl)cc(Cl)c2OC)CC1. The standard InChI is InChI=1S/C16H21Cl2N3O3/c1-3-4-19-16(23)21-7-5-20(6-8-21)15(22)12-9-11(17)10-13(18)14(12)24-2/h9-10H,3-8H2,1-2H3,(H,19,23). The average Bonchev–Trinajstić information content (AvgIpc) is 2.58. The van der Waals surface area contributed by atoms with Crippen LogP contribution in [-0.4, -0.2) is 61.6 Å². The first-order valence-corrected chi connectivity index (χ1v) is 8.58. The van der Waals surface area contributed by atoms with E-state index in [1.165, 1.54) is 13.2 Å². The Balaban J connectivity index is 2.04. The van der Waals surface area contributed by atoms with Crippen molar-refractivity contribution in [2.75, 3.05) is 39.8 Å². The van der Waals surface area contributed by atoms with Crippen molar-refractivity contribution < 1.29 is 14.3 Å². The minimum Gasteiger partial charge on any atom is -0.494 e. The van der Waals surface area contributed by atoms with Crippen molar-refractivity contribution in [1.29, 1.82) is 0 Å². The van der Waals surface area contributed by atoms with E-state index in [0.29, 0.717) is 54.1 Å². The van der Waals surface area contributed by atoms with Crippen LogP contribution in [0.1, 0.15) is 23.7 Å². The van der Waals surface area contributed by atoms with E-state index in [9.17, 15) is 9.59 Å². The lowest BCUT2D eigenvalue weighted by molar-refractivity contribution is 0.0662. The molecule has 1 aliphatic heterocycles. The number of ether oxygens (including phenoxy) is 1. The van der Waals surface area contributed by atoms with Crippen molar-refractivity contribution in [3.8, 4) is 5.75 Å². The van der Waals surface area contributed by atoms with Gasteiger partial charge in [-0.25, -0.2) is 4.79 Å². The number of carbonyl (C=O) groups excluding carboxylic acids is 2. The average molecular weight is 374 g/mol. The molecule has 1 aromatic rings. The summed E-state index contributed by atoms with van der Waals surface area (Å²) < 4.78 is 5.23. The summed E-state index contributed by atoms with van der Waals surface area (Å²) in [5.74, 6) is 0.110. The molecule has 2 rings (SSSR count). The number of rotatable bonds is 4. The lowest BCUT2D eigenvalue weighted by Crippen LogP contribution is -2.53. The zero-order valence-corrected chi connectivity index (χ0v) is 15.3. The minimum absolute atomic E-state index is 0.0904. The van der Waals surface area contributed by atoms with Crippen LogP contribution in [0.3, 0.4) is 0 Å². The van der Waals surface area contributed by atoms with Gasteiger partial charge in [-0.15, -0.1) is 0 Å². The minimum atomic E-state index is -0.204. The zero-order valence-electron chi connectivity index (χ0n) is 13.8. The molecule has 1 aromatic carbocycles. The van der Waals surface area contributed by atoms with Crippen LogP contribution in [-0.2, 0) is 0 Å². The van der Waals surface area contributed by atoms with Gasteiger partial charge in [0.1, 0.15) is 5.75 Å². The molecule has 0 aliphatic carbocycles. The van der Waals surface area contributed by atoms with E-state index < -0.39 is 0 Å². The molecule has 1 saturated heterocycles. The number of urea groups is 1. The second-order valence-corrected chi connectivity index (χ2v) is 6.32. The topological polar surface area (TPSA) is 61.9 Å². The fourth-order valence-corrected chi connectivity index (χ4v) is 3.12. The Morgan fingerprint density at radius 3 is 2.38 bits per heavy atom. The molecule has 3 amide bonds. The molecule has 0 unspecified atom stereocenters. The molecule has 24 heavy (non-hydrogen) atoms. The van der Waals surface area contributed by atoms with Crippen molar-refractivity contribution in [3.05, 3.63) is 27.7 Å². The summed E-state index contributed by atoms with van der Waals surface area (Å²) in [7, 11) is 1.46. The van der Waals surface area contributed by atoms with Crippen molar-refractivity contribution in [1.82, 2.24) is 15.1 Å². The summed E-state index contributed by atoms with van der Waals surface area (Å²) in [5.41, 5.74) is 0.332. The largest absolute Gasteiger partial charge is 0.494 e. The van der Waals surface area contributed by atoms with Gasteiger partial charge in [-0.3, -0.25) is 4.79 Å². The lowest BCUT2D eigenvalue weighted by atomic mass is 10.1. The van der Waals surface area contributed by atoms with E-state index in [-0.39, 0.29) is 11.9 Å². The van der Waals surface area contributed by atoms with Crippen molar-refractivity contribution in [3.63, 3.8) is 0 Å². The molecule has 1 heterocycles. The number of methoxy groups -OCH3 is 1. The van der Waals surface area contributed by atoms with Crippen LogP contribution in [0.5, 0.6) is 5.75 Å². The monoisotopic (exact) mass is 373 g/mol. The van der Waals surface area contributed by atoms with E-state index in [1.807, 2.05) is 6.92 Å². The second-order valence-electron chi connectivity index (χ2n) is 5.48. The summed E-state index contributed by atoms with van der Waals surface area (Å²) in [6.07, 6.45) is 0.888. The molecular formula is C16H21Cl2N3O3. The van der Waals surface area contributed by atoms with Gasteiger partial charge in [-0.2, -0.15) is 0 Å². The Morgan fingerprint density at radius 1 is 1.17 bits per heavy atom. The molecule has 0 radical (unpaired) electrons. The van der Waals surface area contributed by atoms with Crippen molar-refractivity contribution >= 4 is 35.1 Å². The van der Waals surface area contributed by atoms with Gasteiger partial charge in [0.2, 0.25) is 0 Å². The van der Waals surface area contributed by atoms with E-state index >= 15 is 0 Å². The summed E-state index contributed by atoms with van der Waals surface area (Å²) in [6, 6.07) is 3.00. The molecule has 1 fully saturated rings. The van der Waals surface area contributed by atoms with Gasteiger partial charge in [-0.05, 0) is 18.6 Å². The first-order valence-electron chi connectivity index (χ1n) is 7.83. The highest BCUT2D eigenvalue weighted by atomic mass is 35.5. The van der Waals surface area contributed by atoms with Gasteiger partial charge in [0.05, 0.1) is 17.7 Å². The lowest BCUT2D eigenvalue weighted by Gasteiger charge is -2.35. The molecule has 0 atom stereocenters. The predicted molar refractivity (Wildman–Crippen MR) is 94.2 cm³/mol. The first kappa shape index (κ1) is 18.7. The Hall–Kier alpha value is -1.66. The Bertz CT molecular complexity index is 617. The number of hydrogen-bond donors (Lipinski definition) is 1. The maximum absolute atomic E-state index is 12.7. The summed E-state index contributed by atoms with van der Waals surface area (Å²) >= 11 is 12.1. The van der Waals surface area contributed by atoms with Crippen LogP contribution in [0.15, 0.2) is 12.1 Å². The highest BCUT2D eigenvalue weighted by Crippen LogP contribution is 2.33. The van der Waals surface area contributed by atoms with Crippen LogP contribution >= 0.6 is 23.2 Å². The van der Waals surface area contributed by atoms with Crippen LogP contribution < -0.4 is 10.1 Å². The normalized spacial score (nSPS) is 14.5. The molecule has 0 bridgehead atoms. The fraction of sp³-hybridized carbons (Fsp3) is 0.500. The van der Waals surface area contributed by atoms with Crippen LogP contribution in [0.25, 0.3) is 0 Å². The van der Waals surface area contributed by atoms with Gasteiger partial charge in [0, 0.05) is 37.7 Å². The Morgan fingerprint density at radius 2 is 1.79 bits per heavy atom. The summed E-state index contributed by atoms with van der Waals surface area (Å²) in [5, 5.41) is 3.51. The molecule has 0 aromatic heterocycles. The molecular weight excluding hydrogens is 353 g/mol. The Labute approximate surface area is 151 Å². The number of benzene rings is 1. The predicted octanol–water partition coefficient (Wildman–Crippen LogP) is 2.88. The summed E-state index contributed by atoms with van der Waals surface area (Å²) in [4.78, 5) is 28.1. The van der Waals surface area contributed by atoms with E-state index in [2.05, 4.69) is 5.32 Å². The molecule has 132 valence electrons. The number of hydrogen-bond acceptors (Lipinski definition) is 3. The second kappa shape index (κ2) is 8.44. The van der Waals surface area contributed by atoms with Crippen molar-refractivity contribution in [2.45, 2.75) is 13.3 Å². The summed E-state index contributed by atoms with van der Waals surface area (Å²) in [6.45, 7) is 4.52. The molecule has 1 N–H and O–H groups in total. The molecule has 6 nitrogen and oxygen atoms in total. The molecule has 1 aliphatic rings. The highest BCUT2D eigenvalue weighted by molar-refractivity contribution is 6.36. The van der Waals surface area contributed by atoms with Crippen molar-refractivity contribution in [2.24, 2.45) is 0 Å². The fourth-order valence-electron chi connectivity index (χ4n) is 2.55.